The first kappa shape index (κ1) is 9.46. The third-order valence-corrected chi connectivity index (χ3v) is 2.96. The van der Waals surface area contributed by atoms with Crippen molar-refractivity contribution in [1.82, 2.24) is 9.55 Å². The van der Waals surface area contributed by atoms with Gasteiger partial charge in [0.1, 0.15) is 24.1 Å². The number of nitrogen functional groups attached to an aromatic ring is 1. The van der Waals surface area contributed by atoms with Crippen LogP contribution in [0, 0.1) is 0 Å². The molecule has 8 nitrogen and oxygen atoms in total. The number of aromatic nitrogens is 2. The first-order chi connectivity index (χ1) is 11.5. The lowest BCUT2D eigenvalue weighted by molar-refractivity contribution is -0.0672. The molecule has 1 aliphatic heterocycles. The van der Waals surface area contributed by atoms with Crippen LogP contribution in [-0.4, -0.2) is 55.7 Å². The third-order valence-electron chi connectivity index (χ3n) is 2.96. The van der Waals surface area contributed by atoms with Crippen molar-refractivity contribution in [2.24, 2.45) is 0 Å². The predicted molar refractivity (Wildman–Crippen MR) is 70.3 cm³/mol. The van der Waals surface area contributed by atoms with E-state index < -0.39 is 43.8 Å². The Labute approximate surface area is 123 Å². The van der Waals surface area contributed by atoms with E-state index in [2.05, 4.69) is 4.98 Å². The van der Waals surface area contributed by atoms with Crippen molar-refractivity contribution in [1.29, 1.82) is 0 Å². The van der Waals surface area contributed by atoms with Crippen molar-refractivity contribution >= 4 is 5.82 Å². The highest BCUT2D eigenvalue weighted by atomic mass is 16.6. The normalized spacial score (nSPS) is 34.8. The molecular formula is C12H19N3O5. The highest BCUT2D eigenvalue weighted by Gasteiger charge is 2.46. The molecule has 0 amide bonds. The van der Waals surface area contributed by atoms with Crippen molar-refractivity contribution < 1.29 is 25.8 Å². The van der Waals surface area contributed by atoms with E-state index in [1.165, 1.54) is 19.4 Å². The lowest BCUT2D eigenvalue weighted by Crippen LogP contribution is -2.38. The van der Waals surface area contributed by atoms with Crippen LogP contribution in [0.15, 0.2) is 17.1 Å². The number of nitrogens with two attached hydrogens (primary N) is 1. The molecule has 1 aromatic rings. The number of rotatable bonds is 5. The first-order valence-electron chi connectivity index (χ1n) is 8.26. The minimum atomic E-state index is -2.83. The van der Waals surface area contributed by atoms with Gasteiger partial charge in [-0.2, -0.15) is 4.98 Å². The van der Waals surface area contributed by atoms with Crippen LogP contribution in [0.1, 0.15) is 13.1 Å². The smallest absolute Gasteiger partial charge is 0.351 e. The molecule has 8 heteroatoms. The van der Waals surface area contributed by atoms with Crippen molar-refractivity contribution in [3.8, 4) is 0 Å². The van der Waals surface area contributed by atoms with Crippen LogP contribution in [0.5, 0.6) is 0 Å². The number of anilines is 1. The van der Waals surface area contributed by atoms with Crippen LogP contribution in [0.3, 0.4) is 0 Å². The Bertz CT molecular complexity index is 667. The maximum absolute atomic E-state index is 12.1. The Balaban J connectivity index is 2.49. The molecule has 0 aromatic carbocycles. The highest BCUT2D eigenvalue weighted by Crippen LogP contribution is 2.32. The monoisotopic (exact) mass is 290 g/mol. The van der Waals surface area contributed by atoms with Gasteiger partial charge < -0.3 is 24.7 Å². The summed E-state index contributed by atoms with van der Waals surface area (Å²) in [5.74, 6) is -0.0281. The fraction of sp³-hybridized carbons (Fsp3) is 0.667. The topological polar surface area (TPSA) is 97.8 Å². The lowest BCUT2D eigenvalue weighted by atomic mass is 10.1. The number of hydrogen-bond donors (Lipinski definition) is 1. The molecule has 0 spiro atoms. The Morgan fingerprint density at radius 1 is 1.55 bits per heavy atom. The molecule has 1 aliphatic rings. The molecule has 1 aromatic heterocycles. The summed E-state index contributed by atoms with van der Waals surface area (Å²) in [6.45, 7) is -2.32. The van der Waals surface area contributed by atoms with Crippen molar-refractivity contribution in [3.63, 3.8) is 0 Å². The first-order valence-corrected chi connectivity index (χ1v) is 5.76. The van der Waals surface area contributed by atoms with Crippen LogP contribution >= 0.6 is 0 Å². The van der Waals surface area contributed by atoms with Gasteiger partial charge in [0, 0.05) is 27.5 Å². The maximum Gasteiger partial charge on any atom is 0.351 e. The minimum Gasteiger partial charge on any atom is -0.383 e. The Hall–Kier alpha value is -1.48. The summed E-state index contributed by atoms with van der Waals surface area (Å²) < 4.78 is 59.3. The van der Waals surface area contributed by atoms with Gasteiger partial charge >= 0.3 is 5.69 Å². The third kappa shape index (κ3) is 2.68. The molecule has 0 radical (unpaired) electrons. The van der Waals surface area contributed by atoms with E-state index in [0.717, 1.165) is 11.7 Å². The van der Waals surface area contributed by atoms with Crippen LogP contribution in [0.2, 0.25) is 0 Å². The zero-order chi connectivity index (χ0) is 19.0. The quantitative estimate of drug-likeness (QED) is 0.773. The van der Waals surface area contributed by atoms with Gasteiger partial charge in [0.15, 0.2) is 6.23 Å². The molecule has 2 heterocycles. The summed E-state index contributed by atoms with van der Waals surface area (Å²) in [4.78, 5) is 15.6. The number of nitrogens with zero attached hydrogens (tertiary/aromatic N) is 2. The average Bonchev–Trinajstić information content (AvgIpc) is 2.84. The minimum absolute atomic E-state index is 0.0281. The fourth-order valence-electron chi connectivity index (χ4n) is 2.08. The molecular weight excluding hydrogens is 266 g/mol. The highest BCUT2D eigenvalue weighted by molar-refractivity contribution is 5.23. The van der Waals surface area contributed by atoms with Crippen LogP contribution in [-0.2, 0) is 18.9 Å². The second-order valence-electron chi connectivity index (χ2n) is 4.09. The van der Waals surface area contributed by atoms with Crippen LogP contribution in [0.25, 0.3) is 0 Å². The van der Waals surface area contributed by atoms with E-state index in [4.69, 9.17) is 31.5 Å². The summed E-state index contributed by atoms with van der Waals surface area (Å²) >= 11 is 0. The van der Waals surface area contributed by atoms with Crippen LogP contribution < -0.4 is 11.4 Å². The second kappa shape index (κ2) is 6.31. The standard InChI is InChI=1S/C12H19N3O5/c1-17-6-7-9(18-2)10(19-3)11(20-7)15-5-4-8(13)14-12(15)16/h4-5,7,9-11H,6H2,1-3H3,(H2,13,14,16)/t7-,9-,10-,11-/m1/s1/i3D3,6D2. The van der Waals surface area contributed by atoms with Gasteiger partial charge in [-0.1, -0.05) is 0 Å². The van der Waals surface area contributed by atoms with Gasteiger partial charge in [-0.05, 0) is 6.07 Å². The summed E-state index contributed by atoms with van der Waals surface area (Å²) in [6.07, 6.45) is -3.89. The molecule has 0 saturated carbocycles. The van der Waals surface area contributed by atoms with E-state index in [1.54, 1.807) is 0 Å². The molecule has 1 fully saturated rings. The molecule has 4 atom stereocenters. The van der Waals surface area contributed by atoms with Gasteiger partial charge in [-0.15, -0.1) is 0 Å². The Morgan fingerprint density at radius 2 is 2.35 bits per heavy atom. The van der Waals surface area contributed by atoms with E-state index in [0.29, 0.717) is 0 Å². The molecule has 112 valence electrons. The summed E-state index contributed by atoms with van der Waals surface area (Å²) in [5.41, 5.74) is 4.64. The molecule has 0 unspecified atom stereocenters. The fourth-order valence-corrected chi connectivity index (χ4v) is 2.08. The number of hydrogen-bond acceptors (Lipinski definition) is 7. The number of methoxy groups -OCH3 is 3. The zero-order valence-electron chi connectivity index (χ0n) is 16.0. The largest absolute Gasteiger partial charge is 0.383 e. The molecule has 1 saturated heterocycles. The Morgan fingerprint density at radius 3 is 2.95 bits per heavy atom. The van der Waals surface area contributed by atoms with E-state index >= 15 is 0 Å². The van der Waals surface area contributed by atoms with Gasteiger partial charge in [-0.25, -0.2) is 4.79 Å². The molecule has 2 N–H and O–H groups in total. The van der Waals surface area contributed by atoms with Crippen molar-refractivity contribution in [2.75, 3.05) is 33.6 Å². The average molecular weight is 290 g/mol. The van der Waals surface area contributed by atoms with E-state index in [1.807, 2.05) is 0 Å². The second-order valence-corrected chi connectivity index (χ2v) is 4.09. The van der Waals surface area contributed by atoms with Gasteiger partial charge in [-0.3, -0.25) is 4.57 Å². The summed E-state index contributed by atoms with van der Waals surface area (Å²) in [6, 6.07) is 1.32. The van der Waals surface area contributed by atoms with Gasteiger partial charge in [0.25, 0.3) is 0 Å². The lowest BCUT2D eigenvalue weighted by Gasteiger charge is -2.22. The SMILES string of the molecule is [2H]C([2H])([2H])O[C@@H]1[C@H](OC)[C@@H](C([2H])([2H])OC)O[C@H]1n1ccc(N)nc1=O. The van der Waals surface area contributed by atoms with Gasteiger partial charge in [0.2, 0.25) is 0 Å². The van der Waals surface area contributed by atoms with Crippen LogP contribution in [0.4, 0.5) is 5.82 Å². The zero-order valence-corrected chi connectivity index (χ0v) is 11.0. The van der Waals surface area contributed by atoms with Crippen molar-refractivity contribution in [2.45, 2.75) is 24.5 Å². The molecule has 0 bridgehead atoms. The summed E-state index contributed by atoms with van der Waals surface area (Å²) in [5, 5.41) is 0. The van der Waals surface area contributed by atoms with Gasteiger partial charge in [0.05, 0.1) is 13.4 Å². The molecule has 2 rings (SSSR count). The van der Waals surface area contributed by atoms with E-state index in [9.17, 15) is 4.79 Å². The maximum atomic E-state index is 12.1. The summed E-state index contributed by atoms with van der Waals surface area (Å²) in [7, 11) is -0.461. The Kier molecular flexibility index (Phi) is 2.98. The molecule has 0 aliphatic carbocycles. The van der Waals surface area contributed by atoms with E-state index in [-0.39, 0.29) is 5.82 Å². The number of ether oxygens (including phenoxy) is 4. The van der Waals surface area contributed by atoms with Crippen molar-refractivity contribution in [3.05, 3.63) is 22.7 Å². The molecule has 20 heavy (non-hydrogen) atoms. The predicted octanol–water partition coefficient (Wildman–Crippen LogP) is -0.601.